The molecule has 0 bridgehead atoms. The highest BCUT2D eigenvalue weighted by molar-refractivity contribution is 7.94. The fraction of sp³-hybridized carbons (Fsp3) is 0.154. The summed E-state index contributed by atoms with van der Waals surface area (Å²) in [6.07, 6.45) is 0. The molecule has 1 heterocycles. The molecule has 0 aliphatic heterocycles. The van der Waals surface area contributed by atoms with Gasteiger partial charge in [0.15, 0.2) is 0 Å². The number of rotatable bonds is 5. The SMILES string of the molecule is Cc1ccc(N(CC(=O)O)S(=O)(=O)c2cccs2)cc1. The van der Waals surface area contributed by atoms with Crippen LogP contribution in [0.1, 0.15) is 5.56 Å². The third-order valence-corrected chi connectivity index (χ3v) is 5.79. The van der Waals surface area contributed by atoms with Gasteiger partial charge in [0, 0.05) is 0 Å². The zero-order chi connectivity index (χ0) is 14.8. The van der Waals surface area contributed by atoms with Crippen molar-refractivity contribution in [3.63, 3.8) is 0 Å². The van der Waals surface area contributed by atoms with Crippen LogP contribution < -0.4 is 4.31 Å². The van der Waals surface area contributed by atoms with Gasteiger partial charge in [-0.05, 0) is 30.5 Å². The zero-order valence-electron chi connectivity index (χ0n) is 10.7. The number of anilines is 1. The Morgan fingerprint density at radius 2 is 1.90 bits per heavy atom. The molecule has 20 heavy (non-hydrogen) atoms. The Balaban J connectivity index is 2.48. The molecule has 1 N–H and O–H groups in total. The average Bonchev–Trinajstić information content (AvgIpc) is 2.91. The number of aryl methyl sites for hydroxylation is 1. The topological polar surface area (TPSA) is 74.7 Å². The van der Waals surface area contributed by atoms with Gasteiger partial charge in [-0.25, -0.2) is 8.42 Å². The molecule has 0 atom stereocenters. The number of hydrogen-bond acceptors (Lipinski definition) is 4. The van der Waals surface area contributed by atoms with E-state index < -0.39 is 22.5 Å². The van der Waals surface area contributed by atoms with Crippen molar-refractivity contribution in [3.8, 4) is 0 Å². The lowest BCUT2D eigenvalue weighted by atomic mass is 10.2. The van der Waals surface area contributed by atoms with Crippen LogP contribution in [0.25, 0.3) is 0 Å². The summed E-state index contributed by atoms with van der Waals surface area (Å²) in [7, 11) is -3.85. The highest BCUT2D eigenvalue weighted by Gasteiger charge is 2.27. The second-order valence-electron chi connectivity index (χ2n) is 4.17. The molecule has 0 unspecified atom stereocenters. The van der Waals surface area contributed by atoms with Crippen molar-refractivity contribution in [2.75, 3.05) is 10.8 Å². The number of nitrogens with zero attached hydrogens (tertiary/aromatic N) is 1. The van der Waals surface area contributed by atoms with Crippen molar-refractivity contribution in [2.24, 2.45) is 0 Å². The maximum absolute atomic E-state index is 12.5. The molecule has 0 aliphatic rings. The maximum atomic E-state index is 12.5. The molecule has 0 saturated heterocycles. The Bertz CT molecular complexity index is 690. The van der Waals surface area contributed by atoms with E-state index in [1.54, 1.807) is 35.7 Å². The summed E-state index contributed by atoms with van der Waals surface area (Å²) in [5, 5.41) is 10.6. The van der Waals surface area contributed by atoms with Crippen molar-refractivity contribution in [2.45, 2.75) is 11.1 Å². The molecule has 2 aromatic rings. The van der Waals surface area contributed by atoms with Crippen molar-refractivity contribution in [3.05, 3.63) is 47.3 Å². The third-order valence-electron chi connectivity index (χ3n) is 2.64. The molecule has 0 fully saturated rings. The molecule has 0 spiro atoms. The standard InChI is InChI=1S/C13H13NO4S2/c1-10-4-6-11(7-5-10)14(9-12(15)16)20(17,18)13-3-2-8-19-13/h2-8H,9H2,1H3,(H,15,16). The van der Waals surface area contributed by atoms with Crippen LogP contribution in [-0.4, -0.2) is 26.0 Å². The van der Waals surface area contributed by atoms with Gasteiger partial charge >= 0.3 is 5.97 Å². The van der Waals surface area contributed by atoms with Gasteiger partial charge < -0.3 is 5.11 Å². The third kappa shape index (κ3) is 3.00. The van der Waals surface area contributed by atoms with Crippen LogP contribution in [0.15, 0.2) is 46.0 Å². The van der Waals surface area contributed by atoms with Gasteiger partial charge in [0.1, 0.15) is 10.8 Å². The predicted molar refractivity (Wildman–Crippen MR) is 77.7 cm³/mol. The molecule has 1 aromatic heterocycles. The van der Waals surface area contributed by atoms with Gasteiger partial charge in [0.25, 0.3) is 10.0 Å². The number of sulfonamides is 1. The van der Waals surface area contributed by atoms with Gasteiger partial charge in [-0.3, -0.25) is 9.10 Å². The van der Waals surface area contributed by atoms with Crippen LogP contribution in [0.3, 0.4) is 0 Å². The van der Waals surface area contributed by atoms with Crippen LogP contribution >= 0.6 is 11.3 Å². The lowest BCUT2D eigenvalue weighted by molar-refractivity contribution is -0.135. The molecular weight excluding hydrogens is 298 g/mol. The monoisotopic (exact) mass is 311 g/mol. The van der Waals surface area contributed by atoms with E-state index in [0.717, 1.165) is 21.2 Å². The predicted octanol–water partition coefficient (Wildman–Crippen LogP) is 2.34. The second-order valence-corrected chi connectivity index (χ2v) is 7.21. The summed E-state index contributed by atoms with van der Waals surface area (Å²) in [6, 6.07) is 9.77. The number of hydrogen-bond donors (Lipinski definition) is 1. The van der Waals surface area contributed by atoms with Crippen molar-refractivity contribution < 1.29 is 18.3 Å². The fourth-order valence-corrected chi connectivity index (χ4v) is 4.19. The van der Waals surface area contributed by atoms with Gasteiger partial charge in [0.05, 0.1) is 5.69 Å². The molecule has 2 rings (SSSR count). The molecule has 7 heteroatoms. The van der Waals surface area contributed by atoms with Crippen LogP contribution in [0, 0.1) is 6.92 Å². The van der Waals surface area contributed by atoms with Gasteiger partial charge in [-0.1, -0.05) is 23.8 Å². The molecule has 0 radical (unpaired) electrons. The number of aliphatic carboxylic acids is 1. The Hall–Kier alpha value is -1.86. The van der Waals surface area contributed by atoms with Gasteiger partial charge in [0.2, 0.25) is 0 Å². The summed E-state index contributed by atoms with van der Waals surface area (Å²) in [5.41, 5.74) is 1.31. The lowest BCUT2D eigenvalue weighted by Crippen LogP contribution is -2.35. The molecule has 5 nitrogen and oxygen atoms in total. The average molecular weight is 311 g/mol. The highest BCUT2D eigenvalue weighted by Crippen LogP contribution is 2.26. The van der Waals surface area contributed by atoms with E-state index in [9.17, 15) is 13.2 Å². The van der Waals surface area contributed by atoms with E-state index in [4.69, 9.17) is 5.11 Å². The summed E-state index contributed by atoms with van der Waals surface area (Å²) in [5.74, 6) is -1.20. The molecule has 1 aromatic carbocycles. The minimum atomic E-state index is -3.85. The number of carboxylic acid groups (broad SMARTS) is 1. The number of carbonyl (C=O) groups is 1. The van der Waals surface area contributed by atoms with Crippen LogP contribution in [0.4, 0.5) is 5.69 Å². The highest BCUT2D eigenvalue weighted by atomic mass is 32.2. The first-order valence-electron chi connectivity index (χ1n) is 5.76. The molecule has 106 valence electrons. The minimum absolute atomic E-state index is 0.124. The summed E-state index contributed by atoms with van der Waals surface area (Å²) < 4.78 is 26.0. The molecule has 0 amide bonds. The summed E-state index contributed by atoms with van der Waals surface area (Å²) in [6.45, 7) is 1.27. The van der Waals surface area contributed by atoms with Crippen molar-refractivity contribution in [1.82, 2.24) is 0 Å². The van der Waals surface area contributed by atoms with E-state index in [1.165, 1.54) is 6.07 Å². The fourth-order valence-electron chi connectivity index (χ4n) is 1.67. The first-order chi connectivity index (χ1) is 9.41. The molecular formula is C13H13NO4S2. The molecule has 0 saturated carbocycles. The smallest absolute Gasteiger partial charge is 0.324 e. The Labute approximate surface area is 121 Å². The number of thiophene rings is 1. The first kappa shape index (κ1) is 14.5. The van der Waals surface area contributed by atoms with E-state index in [-0.39, 0.29) is 4.21 Å². The van der Waals surface area contributed by atoms with Crippen LogP contribution in [-0.2, 0) is 14.8 Å². The summed E-state index contributed by atoms with van der Waals surface area (Å²) in [4.78, 5) is 11.0. The van der Waals surface area contributed by atoms with Crippen molar-refractivity contribution in [1.29, 1.82) is 0 Å². The first-order valence-corrected chi connectivity index (χ1v) is 8.08. The van der Waals surface area contributed by atoms with E-state index in [2.05, 4.69) is 0 Å². The zero-order valence-corrected chi connectivity index (χ0v) is 12.3. The largest absolute Gasteiger partial charge is 0.480 e. The Morgan fingerprint density at radius 3 is 2.40 bits per heavy atom. The Kier molecular flexibility index (Phi) is 4.10. The van der Waals surface area contributed by atoms with E-state index in [0.29, 0.717) is 5.69 Å². The van der Waals surface area contributed by atoms with Crippen LogP contribution in [0.5, 0.6) is 0 Å². The minimum Gasteiger partial charge on any atom is -0.480 e. The van der Waals surface area contributed by atoms with Gasteiger partial charge in [-0.15, -0.1) is 11.3 Å². The number of benzene rings is 1. The normalized spacial score (nSPS) is 11.2. The lowest BCUT2D eigenvalue weighted by Gasteiger charge is -2.21. The quantitative estimate of drug-likeness (QED) is 0.919. The Morgan fingerprint density at radius 1 is 1.25 bits per heavy atom. The van der Waals surface area contributed by atoms with E-state index in [1.807, 2.05) is 6.92 Å². The number of carboxylic acids is 1. The van der Waals surface area contributed by atoms with Crippen LogP contribution in [0.2, 0.25) is 0 Å². The van der Waals surface area contributed by atoms with Crippen molar-refractivity contribution >= 4 is 33.0 Å². The summed E-state index contributed by atoms with van der Waals surface area (Å²) >= 11 is 1.06. The second kappa shape index (κ2) is 5.64. The van der Waals surface area contributed by atoms with E-state index >= 15 is 0 Å². The maximum Gasteiger partial charge on any atom is 0.324 e. The molecule has 0 aliphatic carbocycles. The van der Waals surface area contributed by atoms with Gasteiger partial charge in [-0.2, -0.15) is 0 Å².